The number of rotatable bonds is 4. The molecule has 2 aromatic rings. The van der Waals surface area contributed by atoms with E-state index in [4.69, 9.17) is 23.2 Å². The zero-order valence-electron chi connectivity index (χ0n) is 12.8. The molecule has 1 saturated heterocycles. The second-order valence-corrected chi connectivity index (χ2v) is 6.40. The molecule has 3 rings (SSSR count). The number of benzene rings is 2. The van der Waals surface area contributed by atoms with Gasteiger partial charge in [-0.25, -0.2) is 0 Å². The Bertz CT molecular complexity index is 679. The van der Waals surface area contributed by atoms with Crippen LogP contribution in [-0.2, 0) is 6.54 Å². The summed E-state index contributed by atoms with van der Waals surface area (Å²) < 4.78 is 0. The van der Waals surface area contributed by atoms with E-state index in [2.05, 4.69) is 21.1 Å². The van der Waals surface area contributed by atoms with Crippen LogP contribution in [0, 0.1) is 0 Å². The lowest BCUT2D eigenvalue weighted by Crippen LogP contribution is -2.43. The summed E-state index contributed by atoms with van der Waals surface area (Å²) in [4.78, 5) is 2.41. The normalized spacial score (nSPS) is 16.2. The summed E-state index contributed by atoms with van der Waals surface area (Å²) in [6, 6.07) is 15.8. The van der Waals surface area contributed by atoms with E-state index in [0.717, 1.165) is 48.3 Å². The molecule has 0 aliphatic carbocycles. The molecule has 0 unspecified atom stereocenters. The molecule has 2 aromatic carbocycles. The van der Waals surface area contributed by atoms with Gasteiger partial charge in [0, 0.05) is 48.3 Å². The van der Waals surface area contributed by atoms with Crippen LogP contribution in [-0.4, -0.2) is 42.3 Å². The third kappa shape index (κ3) is 4.47. The average Bonchev–Trinajstić information content (AvgIpc) is 2.57. The first-order valence-electron chi connectivity index (χ1n) is 7.71. The highest BCUT2D eigenvalue weighted by Gasteiger charge is 2.16. The van der Waals surface area contributed by atoms with Gasteiger partial charge in [-0.05, 0) is 17.7 Å². The Morgan fingerprint density at radius 1 is 0.870 bits per heavy atom. The largest absolute Gasteiger partial charge is 0.295 e. The quantitative estimate of drug-likeness (QED) is 0.773. The maximum atomic E-state index is 6.23. The standard InChI is InChI=1S/C18H19Cl2N3/c19-17-7-3-1-5-15(17)13-21-23-11-9-22(10-12-23)14-16-6-2-4-8-18(16)20/h1-8,13H,9-12,14H2. The minimum atomic E-state index is 0.730. The van der Waals surface area contributed by atoms with Gasteiger partial charge in [0.2, 0.25) is 0 Å². The van der Waals surface area contributed by atoms with E-state index in [1.54, 1.807) is 0 Å². The van der Waals surface area contributed by atoms with Gasteiger partial charge in [0.05, 0.1) is 6.21 Å². The Balaban J connectivity index is 1.53. The number of piperazine rings is 1. The molecule has 0 bridgehead atoms. The van der Waals surface area contributed by atoms with Gasteiger partial charge in [-0.2, -0.15) is 5.10 Å². The van der Waals surface area contributed by atoms with E-state index in [9.17, 15) is 0 Å². The molecule has 0 atom stereocenters. The number of halogens is 2. The molecule has 0 spiro atoms. The zero-order chi connectivity index (χ0) is 16.1. The molecule has 23 heavy (non-hydrogen) atoms. The van der Waals surface area contributed by atoms with E-state index >= 15 is 0 Å². The Morgan fingerprint density at radius 2 is 1.52 bits per heavy atom. The molecule has 0 amide bonds. The van der Waals surface area contributed by atoms with E-state index in [0.29, 0.717) is 0 Å². The fraction of sp³-hybridized carbons (Fsp3) is 0.278. The average molecular weight is 348 g/mol. The summed E-state index contributed by atoms with van der Waals surface area (Å²) in [6.07, 6.45) is 1.84. The van der Waals surface area contributed by atoms with Crippen molar-refractivity contribution in [2.45, 2.75) is 6.54 Å². The summed E-state index contributed by atoms with van der Waals surface area (Å²) in [5.41, 5.74) is 2.13. The molecule has 5 heteroatoms. The lowest BCUT2D eigenvalue weighted by atomic mass is 10.2. The zero-order valence-corrected chi connectivity index (χ0v) is 14.3. The van der Waals surface area contributed by atoms with E-state index < -0.39 is 0 Å². The van der Waals surface area contributed by atoms with Gasteiger partial charge in [-0.3, -0.25) is 9.91 Å². The molecule has 0 saturated carbocycles. The lowest BCUT2D eigenvalue weighted by molar-refractivity contribution is 0.131. The topological polar surface area (TPSA) is 18.8 Å². The second kappa shape index (κ2) is 7.82. The smallest absolute Gasteiger partial charge is 0.0557 e. The molecule has 1 aliphatic rings. The molecule has 3 nitrogen and oxygen atoms in total. The summed E-state index contributed by atoms with van der Waals surface area (Å²) in [5, 5.41) is 8.20. The first kappa shape index (κ1) is 16.3. The first-order chi connectivity index (χ1) is 11.2. The van der Waals surface area contributed by atoms with Crippen LogP contribution in [0.3, 0.4) is 0 Å². The van der Waals surface area contributed by atoms with Crippen molar-refractivity contribution >= 4 is 29.4 Å². The molecule has 0 N–H and O–H groups in total. The van der Waals surface area contributed by atoms with Crippen LogP contribution in [0.2, 0.25) is 10.0 Å². The Morgan fingerprint density at radius 3 is 2.22 bits per heavy atom. The van der Waals surface area contributed by atoms with E-state index in [1.807, 2.05) is 48.7 Å². The van der Waals surface area contributed by atoms with Gasteiger partial charge in [-0.15, -0.1) is 0 Å². The Kier molecular flexibility index (Phi) is 5.55. The van der Waals surface area contributed by atoms with Gasteiger partial charge in [0.1, 0.15) is 0 Å². The van der Waals surface area contributed by atoms with Gasteiger partial charge in [0.15, 0.2) is 0 Å². The molecular formula is C18H19Cl2N3. The SMILES string of the molecule is Clc1ccccc1C=NN1CCN(Cc2ccccc2Cl)CC1. The highest BCUT2D eigenvalue weighted by molar-refractivity contribution is 6.33. The van der Waals surface area contributed by atoms with Crippen molar-refractivity contribution in [1.82, 2.24) is 9.91 Å². The number of hydrogen-bond donors (Lipinski definition) is 0. The summed E-state index contributed by atoms with van der Waals surface area (Å²) in [6.45, 7) is 4.66. The van der Waals surface area contributed by atoms with Crippen molar-refractivity contribution in [2.24, 2.45) is 5.10 Å². The van der Waals surface area contributed by atoms with E-state index in [-0.39, 0.29) is 0 Å². The first-order valence-corrected chi connectivity index (χ1v) is 8.47. The Labute approximate surface area is 147 Å². The van der Waals surface area contributed by atoms with Crippen molar-refractivity contribution < 1.29 is 0 Å². The van der Waals surface area contributed by atoms with Crippen molar-refractivity contribution in [3.05, 3.63) is 69.7 Å². The minimum absolute atomic E-state index is 0.730. The summed E-state index contributed by atoms with van der Waals surface area (Å²) >= 11 is 12.4. The van der Waals surface area contributed by atoms with Gasteiger partial charge >= 0.3 is 0 Å². The molecule has 1 fully saturated rings. The summed E-state index contributed by atoms with van der Waals surface area (Å²) in [5.74, 6) is 0. The maximum absolute atomic E-state index is 6.23. The number of hydrogen-bond acceptors (Lipinski definition) is 3. The van der Waals surface area contributed by atoms with Crippen molar-refractivity contribution in [3.63, 3.8) is 0 Å². The third-order valence-corrected chi connectivity index (χ3v) is 4.68. The van der Waals surface area contributed by atoms with Crippen molar-refractivity contribution in [3.8, 4) is 0 Å². The molecule has 0 radical (unpaired) electrons. The predicted molar refractivity (Wildman–Crippen MR) is 97.3 cm³/mol. The Hall–Kier alpha value is -1.55. The van der Waals surface area contributed by atoms with Crippen LogP contribution in [0.5, 0.6) is 0 Å². The number of hydrazone groups is 1. The van der Waals surface area contributed by atoms with E-state index in [1.165, 1.54) is 5.56 Å². The molecule has 1 heterocycles. The lowest BCUT2D eigenvalue weighted by Gasteiger charge is -2.33. The predicted octanol–water partition coefficient (Wildman–Crippen LogP) is 4.15. The van der Waals surface area contributed by atoms with Crippen LogP contribution >= 0.6 is 23.2 Å². The molecule has 120 valence electrons. The minimum Gasteiger partial charge on any atom is -0.295 e. The molecule has 1 aliphatic heterocycles. The van der Waals surface area contributed by atoms with Crippen molar-refractivity contribution in [1.29, 1.82) is 0 Å². The van der Waals surface area contributed by atoms with Crippen LogP contribution in [0.15, 0.2) is 53.6 Å². The molecular weight excluding hydrogens is 329 g/mol. The number of nitrogens with zero attached hydrogens (tertiary/aromatic N) is 3. The van der Waals surface area contributed by atoms with Crippen LogP contribution in [0.1, 0.15) is 11.1 Å². The maximum Gasteiger partial charge on any atom is 0.0557 e. The molecule has 0 aromatic heterocycles. The third-order valence-electron chi connectivity index (χ3n) is 3.97. The fourth-order valence-electron chi connectivity index (χ4n) is 2.60. The van der Waals surface area contributed by atoms with Crippen LogP contribution < -0.4 is 0 Å². The fourth-order valence-corrected chi connectivity index (χ4v) is 2.98. The van der Waals surface area contributed by atoms with Gasteiger partial charge in [0.25, 0.3) is 0 Å². The van der Waals surface area contributed by atoms with Crippen LogP contribution in [0.4, 0.5) is 0 Å². The van der Waals surface area contributed by atoms with Gasteiger partial charge in [-0.1, -0.05) is 59.6 Å². The van der Waals surface area contributed by atoms with Gasteiger partial charge < -0.3 is 0 Å². The van der Waals surface area contributed by atoms with Crippen molar-refractivity contribution in [2.75, 3.05) is 26.2 Å². The highest BCUT2D eigenvalue weighted by atomic mass is 35.5. The van der Waals surface area contributed by atoms with Crippen LogP contribution in [0.25, 0.3) is 0 Å². The highest BCUT2D eigenvalue weighted by Crippen LogP contribution is 2.18. The second-order valence-electron chi connectivity index (χ2n) is 5.59. The monoisotopic (exact) mass is 347 g/mol. The summed E-state index contributed by atoms with van der Waals surface area (Å²) in [7, 11) is 0.